The predicted molar refractivity (Wildman–Crippen MR) is 89.2 cm³/mol. The Balaban J connectivity index is 1.91. The fraction of sp³-hybridized carbons (Fsp3) is 0.333. The third kappa shape index (κ3) is 2.68. The van der Waals surface area contributed by atoms with Gasteiger partial charge >= 0.3 is 5.97 Å². The number of carbonyl (C=O) groups excluding carboxylic acids is 1. The van der Waals surface area contributed by atoms with Gasteiger partial charge in [-0.2, -0.15) is 0 Å². The van der Waals surface area contributed by atoms with E-state index in [-0.39, 0.29) is 17.7 Å². The van der Waals surface area contributed by atoms with Gasteiger partial charge in [0.25, 0.3) is 0 Å². The van der Waals surface area contributed by atoms with Gasteiger partial charge < -0.3 is 10.4 Å². The predicted octanol–water partition coefficient (Wildman–Crippen LogP) is 3.75. The van der Waals surface area contributed by atoms with Crippen LogP contribution < -0.4 is 5.32 Å². The zero-order valence-electron chi connectivity index (χ0n) is 12.9. The molecule has 4 atom stereocenters. The average molecular weight is 332 g/mol. The molecule has 2 bridgehead atoms. The molecule has 5 heteroatoms. The Morgan fingerprint density at radius 1 is 1.13 bits per heavy atom. The second kappa shape index (κ2) is 5.85. The maximum atomic E-state index is 12.7. The standard InChI is InChI=1S/C18H18ClNO3/c1-9(2)14-12-6-7-13(14)16(18(22)23)15(12)17(21)20-11-5-3-4-10(19)8-11/h3-8,12-13,15-16H,1-2H3,(H,20,21)(H,22,23)/t12-,13+,15-,16+/m1/s1. The number of carboxylic acid groups (broad SMARTS) is 1. The number of anilines is 1. The largest absolute Gasteiger partial charge is 0.481 e. The molecule has 0 heterocycles. The van der Waals surface area contributed by atoms with E-state index in [4.69, 9.17) is 11.6 Å². The van der Waals surface area contributed by atoms with E-state index in [9.17, 15) is 14.7 Å². The van der Waals surface area contributed by atoms with E-state index in [0.717, 1.165) is 11.1 Å². The fourth-order valence-corrected chi connectivity index (χ4v) is 4.02. The SMILES string of the molecule is CC(C)=C1[C@H]2C=C[C@@H]1[C@H](C(=O)O)[C@@H]2C(=O)Nc1cccc(Cl)c1. The maximum Gasteiger partial charge on any atom is 0.308 e. The summed E-state index contributed by atoms with van der Waals surface area (Å²) in [5.74, 6) is -2.81. The lowest BCUT2D eigenvalue weighted by Gasteiger charge is -2.23. The summed E-state index contributed by atoms with van der Waals surface area (Å²) in [5, 5.41) is 12.9. The van der Waals surface area contributed by atoms with Gasteiger partial charge in [0.1, 0.15) is 0 Å². The second-order valence-electron chi connectivity index (χ2n) is 6.28. The molecule has 1 aromatic carbocycles. The first kappa shape index (κ1) is 15.8. The van der Waals surface area contributed by atoms with E-state index < -0.39 is 17.8 Å². The van der Waals surface area contributed by atoms with Gasteiger partial charge in [-0.3, -0.25) is 9.59 Å². The first-order valence-electron chi connectivity index (χ1n) is 7.55. The number of carboxylic acids is 1. The first-order valence-corrected chi connectivity index (χ1v) is 7.92. The number of hydrogen-bond acceptors (Lipinski definition) is 2. The Labute approximate surface area is 139 Å². The van der Waals surface area contributed by atoms with Crippen LogP contribution >= 0.6 is 11.6 Å². The summed E-state index contributed by atoms with van der Waals surface area (Å²) < 4.78 is 0. The quantitative estimate of drug-likeness (QED) is 0.829. The van der Waals surface area contributed by atoms with Crippen molar-refractivity contribution in [3.8, 4) is 0 Å². The summed E-state index contributed by atoms with van der Waals surface area (Å²) in [6, 6.07) is 6.86. The molecule has 2 aliphatic rings. The summed E-state index contributed by atoms with van der Waals surface area (Å²) in [6.07, 6.45) is 3.89. The molecule has 0 radical (unpaired) electrons. The third-order valence-corrected chi connectivity index (χ3v) is 4.90. The molecule has 0 spiro atoms. The van der Waals surface area contributed by atoms with Crippen molar-refractivity contribution in [2.75, 3.05) is 5.32 Å². The molecule has 1 saturated carbocycles. The second-order valence-corrected chi connectivity index (χ2v) is 6.72. The lowest BCUT2D eigenvalue weighted by atomic mass is 9.82. The maximum absolute atomic E-state index is 12.7. The van der Waals surface area contributed by atoms with Gasteiger partial charge in [0.15, 0.2) is 0 Å². The highest BCUT2D eigenvalue weighted by Gasteiger charge is 2.54. The lowest BCUT2D eigenvalue weighted by Crippen LogP contribution is -2.36. The van der Waals surface area contributed by atoms with Crippen LogP contribution in [0, 0.1) is 23.7 Å². The average Bonchev–Trinajstić information content (AvgIpc) is 3.02. The van der Waals surface area contributed by atoms with Gasteiger partial charge in [-0.15, -0.1) is 0 Å². The molecule has 0 aromatic heterocycles. The highest BCUT2D eigenvalue weighted by atomic mass is 35.5. The van der Waals surface area contributed by atoms with Gasteiger partial charge in [-0.1, -0.05) is 41.0 Å². The molecule has 1 amide bonds. The molecular weight excluding hydrogens is 314 g/mol. The molecule has 0 aliphatic heterocycles. The van der Waals surface area contributed by atoms with E-state index in [1.165, 1.54) is 0 Å². The minimum absolute atomic E-state index is 0.134. The smallest absolute Gasteiger partial charge is 0.308 e. The van der Waals surface area contributed by atoms with Crippen LogP contribution in [0.2, 0.25) is 5.02 Å². The summed E-state index contributed by atoms with van der Waals surface area (Å²) >= 11 is 5.93. The van der Waals surface area contributed by atoms with Crippen LogP contribution in [0.15, 0.2) is 47.6 Å². The number of carbonyl (C=O) groups is 2. The zero-order valence-corrected chi connectivity index (χ0v) is 13.7. The number of nitrogens with one attached hydrogen (secondary N) is 1. The Morgan fingerprint density at radius 2 is 1.78 bits per heavy atom. The number of aliphatic carboxylic acids is 1. The van der Waals surface area contributed by atoms with Crippen LogP contribution in [0.3, 0.4) is 0 Å². The number of fused-ring (bicyclic) bond motifs is 2. The van der Waals surface area contributed by atoms with Crippen molar-refractivity contribution in [3.63, 3.8) is 0 Å². The molecule has 2 aliphatic carbocycles. The molecule has 4 nitrogen and oxygen atoms in total. The van der Waals surface area contributed by atoms with Crippen molar-refractivity contribution in [2.24, 2.45) is 23.7 Å². The highest BCUT2D eigenvalue weighted by molar-refractivity contribution is 6.30. The number of halogens is 1. The topological polar surface area (TPSA) is 66.4 Å². The Bertz CT molecular complexity index is 734. The number of allylic oxidation sites excluding steroid dienone is 4. The third-order valence-electron chi connectivity index (χ3n) is 4.66. The summed E-state index contributed by atoms with van der Waals surface area (Å²) in [7, 11) is 0. The molecule has 2 N–H and O–H groups in total. The van der Waals surface area contributed by atoms with Crippen LogP contribution in [-0.2, 0) is 9.59 Å². The first-order chi connectivity index (χ1) is 10.9. The van der Waals surface area contributed by atoms with Crippen molar-refractivity contribution in [2.45, 2.75) is 13.8 Å². The van der Waals surface area contributed by atoms with E-state index in [1.807, 2.05) is 26.0 Å². The number of hydrogen-bond donors (Lipinski definition) is 2. The van der Waals surface area contributed by atoms with Crippen LogP contribution in [-0.4, -0.2) is 17.0 Å². The monoisotopic (exact) mass is 331 g/mol. The molecular formula is C18H18ClNO3. The van der Waals surface area contributed by atoms with Crippen LogP contribution in [0.5, 0.6) is 0 Å². The van der Waals surface area contributed by atoms with Crippen molar-refractivity contribution < 1.29 is 14.7 Å². The number of rotatable bonds is 3. The van der Waals surface area contributed by atoms with Gasteiger partial charge in [-0.25, -0.2) is 0 Å². The Hall–Kier alpha value is -2.07. The highest BCUT2D eigenvalue weighted by Crippen LogP contribution is 2.53. The van der Waals surface area contributed by atoms with Crippen molar-refractivity contribution in [3.05, 3.63) is 52.6 Å². The van der Waals surface area contributed by atoms with Gasteiger partial charge in [0.2, 0.25) is 5.91 Å². The molecule has 3 rings (SSSR count). The molecule has 1 aromatic rings. The lowest BCUT2D eigenvalue weighted by molar-refractivity contribution is -0.146. The summed E-state index contributed by atoms with van der Waals surface area (Å²) in [5.41, 5.74) is 2.75. The minimum atomic E-state index is -0.924. The van der Waals surface area contributed by atoms with Crippen molar-refractivity contribution in [1.29, 1.82) is 0 Å². The van der Waals surface area contributed by atoms with Gasteiger partial charge in [0, 0.05) is 22.5 Å². The van der Waals surface area contributed by atoms with Crippen molar-refractivity contribution >= 4 is 29.2 Å². The van der Waals surface area contributed by atoms with Crippen LogP contribution in [0.4, 0.5) is 5.69 Å². The van der Waals surface area contributed by atoms with Crippen LogP contribution in [0.1, 0.15) is 13.8 Å². The van der Waals surface area contributed by atoms with Gasteiger partial charge in [0.05, 0.1) is 11.8 Å². The van der Waals surface area contributed by atoms with Gasteiger partial charge in [-0.05, 0) is 32.0 Å². The molecule has 0 unspecified atom stereocenters. The Morgan fingerprint density at radius 3 is 2.35 bits per heavy atom. The van der Waals surface area contributed by atoms with E-state index in [2.05, 4.69) is 5.32 Å². The fourth-order valence-electron chi connectivity index (χ4n) is 3.83. The van der Waals surface area contributed by atoms with E-state index in [0.29, 0.717) is 10.7 Å². The summed E-state index contributed by atoms with van der Waals surface area (Å²) in [4.78, 5) is 24.4. The molecule has 1 fully saturated rings. The Kier molecular flexibility index (Phi) is 4.02. The molecule has 120 valence electrons. The van der Waals surface area contributed by atoms with E-state index in [1.54, 1.807) is 24.3 Å². The normalized spacial score (nSPS) is 28.0. The molecule has 23 heavy (non-hydrogen) atoms. The summed E-state index contributed by atoms with van der Waals surface area (Å²) in [6.45, 7) is 3.94. The van der Waals surface area contributed by atoms with Crippen molar-refractivity contribution in [1.82, 2.24) is 0 Å². The number of benzene rings is 1. The minimum Gasteiger partial charge on any atom is -0.481 e. The number of amides is 1. The van der Waals surface area contributed by atoms with Crippen LogP contribution in [0.25, 0.3) is 0 Å². The van der Waals surface area contributed by atoms with E-state index >= 15 is 0 Å². The zero-order chi connectivity index (χ0) is 16.7. The molecule has 0 saturated heterocycles.